The van der Waals surface area contributed by atoms with Gasteiger partial charge in [0.25, 0.3) is 0 Å². The Morgan fingerprint density at radius 3 is 3.04 bits per heavy atom. The fourth-order valence-electron chi connectivity index (χ4n) is 3.60. The van der Waals surface area contributed by atoms with Gasteiger partial charge in [0.05, 0.1) is 25.1 Å². The van der Waals surface area contributed by atoms with Crippen LogP contribution in [0.4, 0.5) is 5.69 Å². The van der Waals surface area contributed by atoms with Gasteiger partial charge in [-0.15, -0.1) is 0 Å². The van der Waals surface area contributed by atoms with E-state index in [1.165, 1.54) is 24.1 Å². The lowest BCUT2D eigenvalue weighted by molar-refractivity contribution is 0.295. The first-order chi connectivity index (χ1) is 12.3. The Hall–Kier alpha value is -2.21. The van der Waals surface area contributed by atoms with Crippen molar-refractivity contribution in [2.45, 2.75) is 31.8 Å². The van der Waals surface area contributed by atoms with Crippen LogP contribution in [-0.2, 0) is 13.6 Å². The number of ether oxygens (including phenoxy) is 2. The van der Waals surface area contributed by atoms with Gasteiger partial charge in [0.2, 0.25) is 0 Å². The van der Waals surface area contributed by atoms with E-state index >= 15 is 0 Å². The number of anilines is 1. The molecular formula is C19H26N4O2. The molecule has 3 heterocycles. The Kier molecular flexibility index (Phi) is 4.78. The van der Waals surface area contributed by atoms with E-state index in [0.29, 0.717) is 6.04 Å². The van der Waals surface area contributed by atoms with Crippen LogP contribution in [-0.4, -0.2) is 42.1 Å². The molecule has 2 aliphatic rings. The highest BCUT2D eigenvalue weighted by Crippen LogP contribution is 2.33. The second-order valence-corrected chi connectivity index (χ2v) is 6.83. The van der Waals surface area contributed by atoms with Gasteiger partial charge in [0, 0.05) is 50.9 Å². The minimum absolute atomic E-state index is 0.469. The molecule has 1 atom stereocenters. The molecule has 6 nitrogen and oxygen atoms in total. The average molecular weight is 342 g/mol. The van der Waals surface area contributed by atoms with Gasteiger partial charge in [-0.1, -0.05) is 12.1 Å². The first-order valence-electron chi connectivity index (χ1n) is 9.14. The minimum atomic E-state index is 0.469. The van der Waals surface area contributed by atoms with Crippen LogP contribution < -0.4 is 19.7 Å². The summed E-state index contributed by atoms with van der Waals surface area (Å²) in [6.45, 7) is 4.37. The molecule has 2 aliphatic heterocycles. The molecular weight excluding hydrogens is 316 g/mol. The number of benzene rings is 1. The Morgan fingerprint density at radius 2 is 2.16 bits per heavy atom. The van der Waals surface area contributed by atoms with Crippen molar-refractivity contribution in [1.29, 1.82) is 0 Å². The molecule has 0 saturated carbocycles. The van der Waals surface area contributed by atoms with Crippen molar-refractivity contribution < 1.29 is 9.47 Å². The summed E-state index contributed by atoms with van der Waals surface area (Å²) in [4.78, 5) is 2.42. The zero-order chi connectivity index (χ0) is 17.1. The molecule has 0 spiro atoms. The number of nitrogens with one attached hydrogen (secondary N) is 1. The van der Waals surface area contributed by atoms with Gasteiger partial charge in [-0.05, 0) is 18.9 Å². The maximum Gasteiger partial charge on any atom is 0.165 e. The maximum absolute atomic E-state index is 5.93. The quantitative estimate of drug-likeness (QED) is 0.924. The van der Waals surface area contributed by atoms with Crippen LogP contribution in [0.3, 0.4) is 0 Å². The summed E-state index contributed by atoms with van der Waals surface area (Å²) < 4.78 is 13.6. The fourth-order valence-corrected chi connectivity index (χ4v) is 3.60. The largest absolute Gasteiger partial charge is 0.490 e. The van der Waals surface area contributed by atoms with Gasteiger partial charge < -0.3 is 19.7 Å². The molecule has 0 radical (unpaired) electrons. The predicted octanol–water partition coefficient (Wildman–Crippen LogP) is 2.34. The monoisotopic (exact) mass is 342 g/mol. The topological polar surface area (TPSA) is 51.5 Å². The van der Waals surface area contributed by atoms with Crippen molar-refractivity contribution >= 4 is 5.69 Å². The molecule has 1 N–H and O–H groups in total. The zero-order valence-electron chi connectivity index (χ0n) is 14.8. The van der Waals surface area contributed by atoms with Crippen molar-refractivity contribution in [1.82, 2.24) is 15.1 Å². The van der Waals surface area contributed by atoms with E-state index in [1.54, 1.807) is 0 Å². The first kappa shape index (κ1) is 16.3. The lowest BCUT2D eigenvalue weighted by atomic mass is 10.0. The van der Waals surface area contributed by atoms with Crippen LogP contribution in [0.1, 0.15) is 24.8 Å². The molecule has 134 valence electrons. The third-order valence-electron chi connectivity index (χ3n) is 4.91. The van der Waals surface area contributed by atoms with E-state index in [1.807, 2.05) is 30.1 Å². The molecule has 4 rings (SSSR count). The number of piperidine rings is 1. The molecule has 2 aromatic rings. The number of aryl methyl sites for hydroxylation is 1. The van der Waals surface area contributed by atoms with Crippen LogP contribution in [0.2, 0.25) is 0 Å². The molecule has 1 aromatic heterocycles. The summed E-state index contributed by atoms with van der Waals surface area (Å²) in [5.74, 6) is 1.78. The summed E-state index contributed by atoms with van der Waals surface area (Å²) in [6.07, 6.45) is 7.36. The van der Waals surface area contributed by atoms with Crippen molar-refractivity contribution in [3.63, 3.8) is 0 Å². The van der Waals surface area contributed by atoms with E-state index < -0.39 is 0 Å². The van der Waals surface area contributed by atoms with E-state index in [2.05, 4.69) is 27.6 Å². The predicted molar refractivity (Wildman–Crippen MR) is 97.3 cm³/mol. The molecule has 0 aliphatic carbocycles. The van der Waals surface area contributed by atoms with Crippen LogP contribution >= 0.6 is 0 Å². The number of para-hydroxylation sites is 1. The number of nitrogens with zero attached hydrogens (tertiary/aromatic N) is 3. The Bertz CT molecular complexity index is 715. The Labute approximate surface area is 148 Å². The van der Waals surface area contributed by atoms with Crippen LogP contribution in [0.25, 0.3) is 0 Å². The number of aromatic nitrogens is 2. The highest BCUT2D eigenvalue weighted by atomic mass is 16.5. The van der Waals surface area contributed by atoms with Crippen molar-refractivity contribution in [2.75, 3.05) is 31.2 Å². The van der Waals surface area contributed by atoms with E-state index in [-0.39, 0.29) is 0 Å². The van der Waals surface area contributed by atoms with Crippen LogP contribution in [0, 0.1) is 0 Å². The van der Waals surface area contributed by atoms with Gasteiger partial charge in [-0.3, -0.25) is 4.68 Å². The summed E-state index contributed by atoms with van der Waals surface area (Å²) in [5, 5.41) is 8.00. The van der Waals surface area contributed by atoms with Crippen LogP contribution in [0.15, 0.2) is 30.6 Å². The number of fused-ring (bicyclic) bond motifs is 1. The summed E-state index contributed by atoms with van der Waals surface area (Å²) >= 11 is 0. The molecule has 0 unspecified atom stereocenters. The number of hydrogen-bond donors (Lipinski definition) is 1. The Morgan fingerprint density at radius 1 is 1.24 bits per heavy atom. The number of hydrogen-bond acceptors (Lipinski definition) is 5. The number of rotatable bonds is 4. The third-order valence-corrected chi connectivity index (χ3v) is 4.91. The smallest absolute Gasteiger partial charge is 0.165 e. The molecule has 1 fully saturated rings. The second kappa shape index (κ2) is 7.35. The van der Waals surface area contributed by atoms with Crippen molar-refractivity contribution in [3.05, 3.63) is 36.2 Å². The van der Waals surface area contributed by atoms with Gasteiger partial charge >= 0.3 is 0 Å². The molecule has 0 amide bonds. The molecule has 0 bridgehead atoms. The van der Waals surface area contributed by atoms with E-state index in [0.717, 1.165) is 50.8 Å². The molecule has 25 heavy (non-hydrogen) atoms. The lowest BCUT2D eigenvalue weighted by Gasteiger charge is -2.34. The highest BCUT2D eigenvalue weighted by molar-refractivity contribution is 5.47. The zero-order valence-corrected chi connectivity index (χ0v) is 14.8. The molecule has 6 heteroatoms. The summed E-state index contributed by atoms with van der Waals surface area (Å²) in [5.41, 5.74) is 2.39. The standard InChI is InChI=1S/C19H26N4O2/c1-22-14-17(12-21-22)23-8-3-6-16(13-23)20-11-15-5-2-7-18-19(15)25-10-4-9-24-18/h2,5,7,12,14,16,20H,3-4,6,8-11,13H2,1H3/t16-/m0/s1. The first-order valence-corrected chi connectivity index (χ1v) is 9.14. The minimum Gasteiger partial charge on any atom is -0.490 e. The van der Waals surface area contributed by atoms with Gasteiger partial charge in [0.1, 0.15) is 0 Å². The Balaban J connectivity index is 1.40. The van der Waals surface area contributed by atoms with Crippen LogP contribution in [0.5, 0.6) is 11.5 Å². The second-order valence-electron chi connectivity index (χ2n) is 6.83. The van der Waals surface area contributed by atoms with Crippen molar-refractivity contribution in [3.8, 4) is 11.5 Å². The van der Waals surface area contributed by atoms with Crippen molar-refractivity contribution in [2.24, 2.45) is 7.05 Å². The van der Waals surface area contributed by atoms with Gasteiger partial charge in [-0.2, -0.15) is 5.10 Å². The SMILES string of the molecule is Cn1cc(N2CCC[C@H](NCc3cccc4c3OCCCO4)C2)cn1. The summed E-state index contributed by atoms with van der Waals surface area (Å²) in [6, 6.07) is 6.64. The van der Waals surface area contributed by atoms with E-state index in [4.69, 9.17) is 9.47 Å². The van der Waals surface area contributed by atoms with E-state index in [9.17, 15) is 0 Å². The molecule has 1 saturated heterocycles. The summed E-state index contributed by atoms with van der Waals surface area (Å²) in [7, 11) is 1.96. The fraction of sp³-hybridized carbons (Fsp3) is 0.526. The lowest BCUT2D eigenvalue weighted by Crippen LogP contribution is -2.45. The molecule has 1 aromatic carbocycles. The van der Waals surface area contributed by atoms with Gasteiger partial charge in [0.15, 0.2) is 11.5 Å². The third kappa shape index (κ3) is 3.74. The highest BCUT2D eigenvalue weighted by Gasteiger charge is 2.21. The van der Waals surface area contributed by atoms with Gasteiger partial charge in [-0.25, -0.2) is 0 Å². The maximum atomic E-state index is 5.93. The normalized spacial score (nSPS) is 20.4. The average Bonchev–Trinajstić information content (AvgIpc) is 2.93.